The van der Waals surface area contributed by atoms with Gasteiger partial charge in [0.05, 0.1) is 25.4 Å². The van der Waals surface area contributed by atoms with E-state index in [0.29, 0.717) is 30.3 Å². The van der Waals surface area contributed by atoms with Crippen LogP contribution in [0.4, 0.5) is 4.39 Å². The monoisotopic (exact) mass is 542 g/mol. The number of halogens is 1. The van der Waals surface area contributed by atoms with E-state index in [-0.39, 0.29) is 31.0 Å². The summed E-state index contributed by atoms with van der Waals surface area (Å²) in [7, 11) is -3.01. The summed E-state index contributed by atoms with van der Waals surface area (Å²) in [4.78, 5) is 11.0. The first-order chi connectivity index (χ1) is 18.0. The Morgan fingerprint density at radius 3 is 2.47 bits per heavy atom. The van der Waals surface area contributed by atoms with Crippen LogP contribution in [0.3, 0.4) is 0 Å². The maximum Gasteiger partial charge on any atom is 0.304 e. The molecule has 7 nitrogen and oxygen atoms in total. The molecule has 1 atom stereocenters. The van der Waals surface area contributed by atoms with Crippen molar-refractivity contribution in [1.82, 2.24) is 0 Å². The zero-order valence-electron chi connectivity index (χ0n) is 21.6. The quantitative estimate of drug-likeness (QED) is 0.322. The molecular weight excluding hydrogens is 511 g/mol. The van der Waals surface area contributed by atoms with Gasteiger partial charge in [-0.1, -0.05) is 18.2 Å². The van der Waals surface area contributed by atoms with Gasteiger partial charge in [-0.15, -0.1) is 0 Å². The van der Waals surface area contributed by atoms with Gasteiger partial charge in [0.25, 0.3) is 0 Å². The van der Waals surface area contributed by atoms with E-state index in [4.69, 9.17) is 19.3 Å². The summed E-state index contributed by atoms with van der Waals surface area (Å²) in [6.07, 6.45) is 1.46. The minimum atomic E-state index is -3.01. The van der Waals surface area contributed by atoms with Crippen LogP contribution >= 0.6 is 0 Å². The van der Waals surface area contributed by atoms with Gasteiger partial charge in [0.15, 0.2) is 0 Å². The first-order valence-electron chi connectivity index (χ1n) is 12.3. The molecule has 9 heteroatoms. The molecule has 0 spiro atoms. The summed E-state index contributed by atoms with van der Waals surface area (Å²) >= 11 is 0. The molecule has 1 N–H and O–H groups in total. The van der Waals surface area contributed by atoms with Crippen LogP contribution in [0.5, 0.6) is 17.2 Å². The Hall–Kier alpha value is -3.59. The number of hydrogen-bond donors (Lipinski definition) is 1. The number of benzene rings is 3. The van der Waals surface area contributed by atoms with E-state index in [1.54, 1.807) is 6.07 Å². The van der Waals surface area contributed by atoms with E-state index in [9.17, 15) is 17.6 Å². The van der Waals surface area contributed by atoms with Gasteiger partial charge < -0.3 is 19.3 Å². The van der Waals surface area contributed by atoms with Crippen molar-refractivity contribution in [2.24, 2.45) is 0 Å². The van der Waals surface area contributed by atoms with Crippen molar-refractivity contribution < 1.29 is 36.9 Å². The van der Waals surface area contributed by atoms with Gasteiger partial charge in [0, 0.05) is 29.9 Å². The normalized spacial score (nSPS) is 14.6. The van der Waals surface area contributed by atoms with E-state index in [1.165, 1.54) is 12.3 Å². The van der Waals surface area contributed by atoms with Crippen molar-refractivity contribution in [3.8, 4) is 28.4 Å². The fourth-order valence-corrected chi connectivity index (χ4v) is 5.41. The van der Waals surface area contributed by atoms with Crippen molar-refractivity contribution in [3.63, 3.8) is 0 Å². The molecule has 0 bridgehead atoms. The summed E-state index contributed by atoms with van der Waals surface area (Å²) in [6, 6.07) is 14.7. The summed E-state index contributed by atoms with van der Waals surface area (Å²) in [6.45, 7) is 4.67. The van der Waals surface area contributed by atoms with Crippen molar-refractivity contribution in [2.75, 3.05) is 25.2 Å². The fourth-order valence-electron chi connectivity index (χ4n) is 4.77. The molecule has 3 aromatic rings. The van der Waals surface area contributed by atoms with Crippen molar-refractivity contribution in [3.05, 3.63) is 76.6 Å². The lowest BCUT2D eigenvalue weighted by Crippen LogP contribution is -2.08. The van der Waals surface area contributed by atoms with Crippen molar-refractivity contribution in [2.45, 2.75) is 39.2 Å². The highest BCUT2D eigenvalue weighted by Gasteiger charge is 2.30. The summed E-state index contributed by atoms with van der Waals surface area (Å²) in [5, 5.41) is 9.05. The minimum Gasteiger partial charge on any atom is -0.494 e. The summed E-state index contributed by atoms with van der Waals surface area (Å²) < 4.78 is 54.5. The number of hydrogen-bond acceptors (Lipinski definition) is 6. The highest BCUT2D eigenvalue weighted by atomic mass is 32.2. The largest absolute Gasteiger partial charge is 0.494 e. The highest BCUT2D eigenvalue weighted by molar-refractivity contribution is 7.90. The standard InChI is InChI=1S/C29H31FO7S/c1-18-10-23(35-8-5-9-38(3,33)34)11-19(2)28(18)21-7-4-6-20(12-21)16-36-24-14-25(30)29-22(13-27(31)32)17-37-26(29)15-24/h4,6-7,10-12,14-15,22H,5,8-9,13,16-17H2,1-3H3,(H,31,32)/t22-/m1/s1. The molecule has 0 unspecified atom stereocenters. The average molecular weight is 543 g/mol. The number of sulfone groups is 1. The number of aliphatic carboxylic acids is 1. The number of ether oxygens (including phenoxy) is 3. The number of carboxylic acids is 1. The van der Waals surface area contributed by atoms with Gasteiger partial charge in [0.1, 0.15) is 39.5 Å². The summed E-state index contributed by atoms with van der Waals surface area (Å²) in [5.74, 6) is -0.610. The van der Waals surface area contributed by atoms with Crippen molar-refractivity contribution in [1.29, 1.82) is 0 Å². The second-order valence-corrected chi connectivity index (χ2v) is 11.9. The maximum atomic E-state index is 14.7. The highest BCUT2D eigenvalue weighted by Crippen LogP contribution is 2.40. The Kier molecular flexibility index (Phi) is 8.26. The zero-order valence-corrected chi connectivity index (χ0v) is 22.4. The lowest BCUT2D eigenvalue weighted by atomic mass is 9.94. The van der Waals surface area contributed by atoms with E-state index in [1.807, 2.05) is 50.2 Å². The molecule has 1 heterocycles. The molecule has 1 aliphatic rings. The first kappa shape index (κ1) is 27.4. The molecule has 202 valence electrons. The zero-order chi connectivity index (χ0) is 27.4. The van der Waals surface area contributed by atoms with Gasteiger partial charge in [-0.25, -0.2) is 12.8 Å². The SMILES string of the molecule is Cc1cc(OCCCS(C)(=O)=O)cc(C)c1-c1cccc(COc2cc(F)c3c(c2)OC[C@H]3CC(=O)O)c1. The third-order valence-electron chi connectivity index (χ3n) is 6.39. The molecule has 4 rings (SSSR count). The minimum absolute atomic E-state index is 0.0915. The number of rotatable bonds is 11. The van der Waals surface area contributed by atoms with E-state index < -0.39 is 27.5 Å². The average Bonchev–Trinajstić information content (AvgIpc) is 3.22. The summed E-state index contributed by atoms with van der Waals surface area (Å²) in [5.41, 5.74) is 5.30. The molecule has 0 amide bonds. The third kappa shape index (κ3) is 6.83. The third-order valence-corrected chi connectivity index (χ3v) is 7.42. The van der Waals surface area contributed by atoms with Crippen LogP contribution in [-0.2, 0) is 21.2 Å². The van der Waals surface area contributed by atoms with Crippen molar-refractivity contribution >= 4 is 15.8 Å². The molecule has 3 aromatic carbocycles. The van der Waals surface area contributed by atoms with Gasteiger partial charge in [-0.3, -0.25) is 4.79 Å². The molecule has 0 aromatic heterocycles. The predicted octanol–water partition coefficient (Wildman–Crippen LogP) is 5.45. The predicted molar refractivity (Wildman–Crippen MR) is 142 cm³/mol. The smallest absolute Gasteiger partial charge is 0.304 e. The Morgan fingerprint density at radius 1 is 1.08 bits per heavy atom. The Morgan fingerprint density at radius 2 is 1.79 bits per heavy atom. The maximum absolute atomic E-state index is 14.7. The van der Waals surface area contributed by atoms with Crippen LogP contribution in [0.15, 0.2) is 48.5 Å². The topological polar surface area (TPSA) is 99.1 Å². The Labute approximate surface area is 222 Å². The number of aryl methyl sites for hydroxylation is 2. The van der Waals surface area contributed by atoms with Gasteiger partial charge >= 0.3 is 5.97 Å². The van der Waals surface area contributed by atoms with Crippen LogP contribution in [0.1, 0.15) is 41.0 Å². The van der Waals surface area contributed by atoms with Crippen LogP contribution in [-0.4, -0.2) is 44.7 Å². The lowest BCUT2D eigenvalue weighted by molar-refractivity contribution is -0.137. The number of carbonyl (C=O) groups is 1. The van der Waals surface area contributed by atoms with Crippen LogP contribution in [0.2, 0.25) is 0 Å². The molecule has 0 saturated carbocycles. The fraction of sp³-hybridized carbons (Fsp3) is 0.345. The molecule has 1 aliphatic heterocycles. The van der Waals surface area contributed by atoms with E-state index in [2.05, 4.69) is 0 Å². The molecule has 0 aliphatic carbocycles. The molecule has 0 fully saturated rings. The van der Waals surface area contributed by atoms with Gasteiger partial charge in [-0.2, -0.15) is 0 Å². The second-order valence-electron chi connectivity index (χ2n) is 9.68. The first-order valence-corrected chi connectivity index (χ1v) is 14.4. The number of carboxylic acid groups (broad SMARTS) is 1. The lowest BCUT2D eigenvalue weighted by Gasteiger charge is -2.15. The van der Waals surface area contributed by atoms with Crippen LogP contribution in [0, 0.1) is 19.7 Å². The van der Waals surface area contributed by atoms with E-state index >= 15 is 0 Å². The van der Waals surface area contributed by atoms with Gasteiger partial charge in [0.2, 0.25) is 0 Å². The Bertz CT molecular complexity index is 1430. The molecular formula is C29H31FO7S. The van der Waals surface area contributed by atoms with Crippen LogP contribution in [0.25, 0.3) is 11.1 Å². The Balaban J connectivity index is 1.44. The molecule has 0 saturated heterocycles. The van der Waals surface area contributed by atoms with Crippen LogP contribution < -0.4 is 14.2 Å². The van der Waals surface area contributed by atoms with E-state index in [0.717, 1.165) is 27.8 Å². The molecule has 38 heavy (non-hydrogen) atoms. The van der Waals surface area contributed by atoms with Gasteiger partial charge in [-0.05, 0) is 66.3 Å². The molecule has 0 radical (unpaired) electrons. The second kappa shape index (κ2) is 11.4. The number of fused-ring (bicyclic) bond motifs is 1.